The zero-order valence-electron chi connectivity index (χ0n) is 11.4. The maximum atomic E-state index is 2.45. The lowest BCUT2D eigenvalue weighted by Gasteiger charge is -2.15. The molecule has 0 saturated heterocycles. The summed E-state index contributed by atoms with van der Waals surface area (Å²) in [5, 5.41) is 1.63. The van der Waals surface area contributed by atoms with E-state index in [-0.39, 0.29) is 0 Å². The maximum Gasteiger partial charge on any atom is 0.0771 e. The summed E-state index contributed by atoms with van der Waals surface area (Å²) >= 11 is 0. The van der Waals surface area contributed by atoms with Gasteiger partial charge in [-0.15, -0.1) is 0 Å². The van der Waals surface area contributed by atoms with E-state index in [9.17, 15) is 0 Å². The average molecular weight is 242 g/mol. The van der Waals surface area contributed by atoms with Gasteiger partial charge in [0, 0.05) is 0 Å². The van der Waals surface area contributed by atoms with Gasteiger partial charge in [-0.1, -0.05) is 72.4 Å². The van der Waals surface area contributed by atoms with Crippen LogP contribution in [0.15, 0.2) is 47.2 Å². The second-order valence-corrected chi connectivity index (χ2v) is 11.2. The van der Waals surface area contributed by atoms with Crippen LogP contribution in [0.3, 0.4) is 0 Å². The van der Waals surface area contributed by atoms with E-state index in [0.717, 1.165) is 12.8 Å². The van der Waals surface area contributed by atoms with Crippen LogP contribution in [-0.4, -0.2) is 8.07 Å². The summed E-state index contributed by atoms with van der Waals surface area (Å²) in [7, 11) is -1.11. The molecule has 1 aliphatic carbocycles. The minimum absolute atomic E-state index is 1.11. The highest BCUT2D eigenvalue weighted by Gasteiger charge is 2.21. The minimum Gasteiger partial charge on any atom is -0.0812 e. The van der Waals surface area contributed by atoms with E-state index in [0.29, 0.717) is 0 Å². The van der Waals surface area contributed by atoms with Crippen molar-refractivity contribution in [1.82, 2.24) is 0 Å². The van der Waals surface area contributed by atoms with Crippen LogP contribution in [0.2, 0.25) is 19.6 Å². The highest BCUT2D eigenvalue weighted by atomic mass is 28.3. The molecule has 0 unspecified atom stereocenters. The summed E-state index contributed by atoms with van der Waals surface area (Å²) in [6.45, 7) is 9.43. The van der Waals surface area contributed by atoms with Crippen LogP contribution in [0.1, 0.15) is 17.5 Å². The first-order valence-corrected chi connectivity index (χ1v) is 9.91. The van der Waals surface area contributed by atoms with Gasteiger partial charge in [-0.05, 0) is 25.3 Å². The van der Waals surface area contributed by atoms with Crippen LogP contribution in [0.5, 0.6) is 0 Å². The largest absolute Gasteiger partial charge is 0.0812 e. The Labute approximate surface area is 106 Å². The molecule has 0 radical (unpaired) electrons. The van der Waals surface area contributed by atoms with Gasteiger partial charge in [-0.25, -0.2) is 0 Å². The van der Waals surface area contributed by atoms with Crippen molar-refractivity contribution >= 4 is 8.07 Å². The normalized spacial score (nSPS) is 15.8. The molecule has 1 heteroatoms. The molecule has 0 aliphatic heterocycles. The second kappa shape index (κ2) is 4.65. The van der Waals surface area contributed by atoms with E-state index in [1.54, 1.807) is 10.8 Å². The fourth-order valence-electron chi connectivity index (χ4n) is 2.31. The van der Waals surface area contributed by atoms with Gasteiger partial charge < -0.3 is 0 Å². The Morgan fingerprint density at radius 2 is 1.94 bits per heavy atom. The number of rotatable bonds is 3. The van der Waals surface area contributed by atoms with E-state index >= 15 is 0 Å². The fraction of sp³-hybridized carbons (Fsp3) is 0.375. The molecule has 0 atom stereocenters. The molecule has 2 rings (SSSR count). The van der Waals surface area contributed by atoms with Gasteiger partial charge in [0.05, 0.1) is 8.07 Å². The summed E-state index contributed by atoms with van der Waals surface area (Å²) in [5.74, 6) is 0. The molecular weight excluding hydrogens is 220 g/mol. The molecule has 0 spiro atoms. The molecule has 1 aromatic rings. The van der Waals surface area contributed by atoms with Crippen LogP contribution < -0.4 is 0 Å². The van der Waals surface area contributed by atoms with E-state index in [1.165, 1.54) is 11.1 Å². The fourth-order valence-corrected chi connectivity index (χ4v) is 3.66. The molecule has 1 aromatic carbocycles. The van der Waals surface area contributed by atoms with Gasteiger partial charge in [0.15, 0.2) is 0 Å². The predicted octanol–water partition coefficient (Wildman–Crippen LogP) is 4.67. The van der Waals surface area contributed by atoms with E-state index in [4.69, 9.17) is 0 Å². The Hall–Kier alpha value is -1.08. The molecule has 0 bridgehead atoms. The highest BCUT2D eigenvalue weighted by Crippen LogP contribution is 2.27. The Morgan fingerprint density at radius 3 is 2.53 bits per heavy atom. The van der Waals surface area contributed by atoms with E-state index < -0.39 is 8.07 Å². The van der Waals surface area contributed by atoms with Crippen molar-refractivity contribution in [3.05, 3.63) is 58.3 Å². The summed E-state index contributed by atoms with van der Waals surface area (Å²) in [6, 6.07) is 8.86. The van der Waals surface area contributed by atoms with Crippen molar-refractivity contribution in [3.63, 3.8) is 0 Å². The first kappa shape index (κ1) is 12.4. The van der Waals surface area contributed by atoms with Crippen molar-refractivity contribution in [2.45, 2.75) is 39.4 Å². The standard InChI is InChI=1S/C16H22Si/c1-13-6-5-7-14(10-13)11-15-8-9-16(12-15)17(2,3)4/h5-7,9-10,12H,8,11H2,1-4H3. The second-order valence-electron chi connectivity index (χ2n) is 6.08. The molecule has 0 aromatic heterocycles. The van der Waals surface area contributed by atoms with Gasteiger partial charge in [0.25, 0.3) is 0 Å². The SMILES string of the molecule is Cc1cccc(CC2=CC([Si](C)(C)C)=CC2)c1. The van der Waals surface area contributed by atoms with Crippen molar-refractivity contribution in [3.8, 4) is 0 Å². The lowest BCUT2D eigenvalue weighted by atomic mass is 10.0. The molecule has 0 N–H and O–H groups in total. The smallest absolute Gasteiger partial charge is 0.0771 e. The van der Waals surface area contributed by atoms with Gasteiger partial charge >= 0.3 is 0 Å². The minimum atomic E-state index is -1.11. The van der Waals surface area contributed by atoms with Crippen molar-refractivity contribution in [2.75, 3.05) is 0 Å². The molecule has 90 valence electrons. The van der Waals surface area contributed by atoms with Crippen molar-refractivity contribution in [1.29, 1.82) is 0 Å². The van der Waals surface area contributed by atoms with E-state index in [2.05, 4.69) is 63.0 Å². The zero-order valence-corrected chi connectivity index (χ0v) is 12.4. The van der Waals surface area contributed by atoms with Crippen molar-refractivity contribution in [2.24, 2.45) is 0 Å². The Balaban J connectivity index is 2.09. The molecular formula is C16H22Si. The molecule has 1 aliphatic rings. The van der Waals surface area contributed by atoms with Crippen LogP contribution in [0, 0.1) is 6.92 Å². The number of allylic oxidation sites excluding steroid dienone is 4. The number of benzene rings is 1. The Morgan fingerprint density at radius 1 is 1.18 bits per heavy atom. The Bertz CT molecular complexity index is 473. The summed E-state index contributed by atoms with van der Waals surface area (Å²) in [4.78, 5) is 0. The molecule has 0 saturated carbocycles. The summed E-state index contributed by atoms with van der Waals surface area (Å²) in [6.07, 6.45) is 7.17. The Kier molecular flexibility index (Phi) is 3.39. The average Bonchev–Trinajstić information content (AvgIpc) is 2.65. The van der Waals surface area contributed by atoms with Crippen LogP contribution in [-0.2, 0) is 6.42 Å². The first-order valence-electron chi connectivity index (χ1n) is 6.41. The topological polar surface area (TPSA) is 0 Å². The van der Waals surface area contributed by atoms with Crippen LogP contribution in [0.4, 0.5) is 0 Å². The van der Waals surface area contributed by atoms with Gasteiger partial charge in [-0.3, -0.25) is 0 Å². The van der Waals surface area contributed by atoms with Gasteiger partial charge in [-0.2, -0.15) is 0 Å². The van der Waals surface area contributed by atoms with E-state index in [1.807, 2.05) is 0 Å². The molecule has 0 heterocycles. The predicted molar refractivity (Wildman–Crippen MR) is 79.0 cm³/mol. The lowest BCUT2D eigenvalue weighted by molar-refractivity contribution is 1.08. The quantitative estimate of drug-likeness (QED) is 0.676. The summed E-state index contributed by atoms with van der Waals surface area (Å²) < 4.78 is 0. The van der Waals surface area contributed by atoms with Crippen LogP contribution >= 0.6 is 0 Å². The molecule has 17 heavy (non-hydrogen) atoms. The van der Waals surface area contributed by atoms with Gasteiger partial charge in [0.1, 0.15) is 0 Å². The van der Waals surface area contributed by atoms with Crippen LogP contribution in [0.25, 0.3) is 0 Å². The number of aryl methyl sites for hydroxylation is 1. The zero-order chi connectivity index (χ0) is 12.5. The monoisotopic (exact) mass is 242 g/mol. The van der Waals surface area contributed by atoms with Crippen molar-refractivity contribution < 1.29 is 0 Å². The third-order valence-electron chi connectivity index (χ3n) is 3.32. The summed E-state index contributed by atoms with van der Waals surface area (Å²) in [5.41, 5.74) is 4.38. The molecule has 0 amide bonds. The first-order chi connectivity index (χ1) is 7.95. The molecule has 0 fully saturated rings. The lowest BCUT2D eigenvalue weighted by Crippen LogP contribution is -2.21. The van der Waals surface area contributed by atoms with Gasteiger partial charge in [0.2, 0.25) is 0 Å². The maximum absolute atomic E-state index is 2.45. The highest BCUT2D eigenvalue weighted by molar-refractivity contribution is 6.83. The third-order valence-corrected chi connectivity index (χ3v) is 5.40. The molecule has 0 nitrogen and oxygen atoms in total. The number of hydrogen-bond acceptors (Lipinski definition) is 0. The number of hydrogen-bond donors (Lipinski definition) is 0. The third kappa shape index (κ3) is 3.19.